The number of hydrogen-bond donors (Lipinski definition) is 2. The van der Waals surface area contributed by atoms with Gasteiger partial charge in [0, 0.05) is 23.8 Å². The van der Waals surface area contributed by atoms with Gasteiger partial charge < -0.3 is 15.3 Å². The van der Waals surface area contributed by atoms with Crippen molar-refractivity contribution in [3.63, 3.8) is 0 Å². The zero-order valence-corrected chi connectivity index (χ0v) is 18.4. The minimum atomic E-state index is -0.977. The molecule has 5 nitrogen and oxygen atoms in total. The van der Waals surface area contributed by atoms with E-state index in [-0.39, 0.29) is 23.9 Å². The third-order valence-corrected chi connectivity index (χ3v) is 5.84. The Morgan fingerprint density at radius 3 is 2.37 bits per heavy atom. The zero-order chi connectivity index (χ0) is 21.8. The SMILES string of the molecule is CC(NC(=O)Cc1ccc(C(=O)O)cc1)c1cc(Cl)ccc1N1C[C@H](C)C[C@H](C)C1. The van der Waals surface area contributed by atoms with Crippen LogP contribution in [-0.4, -0.2) is 30.1 Å². The molecule has 0 bridgehead atoms. The highest BCUT2D eigenvalue weighted by molar-refractivity contribution is 6.30. The minimum Gasteiger partial charge on any atom is -0.478 e. The second-order valence-corrected chi connectivity index (χ2v) is 8.96. The minimum absolute atomic E-state index is 0.114. The summed E-state index contributed by atoms with van der Waals surface area (Å²) >= 11 is 6.28. The largest absolute Gasteiger partial charge is 0.478 e. The van der Waals surface area contributed by atoms with E-state index < -0.39 is 5.97 Å². The van der Waals surface area contributed by atoms with E-state index >= 15 is 0 Å². The lowest BCUT2D eigenvalue weighted by Crippen LogP contribution is -2.40. The first-order chi connectivity index (χ1) is 14.2. The van der Waals surface area contributed by atoms with Crippen molar-refractivity contribution in [2.75, 3.05) is 18.0 Å². The maximum atomic E-state index is 12.6. The van der Waals surface area contributed by atoms with E-state index in [2.05, 4.69) is 30.1 Å². The molecule has 6 heteroatoms. The lowest BCUT2D eigenvalue weighted by Gasteiger charge is -2.38. The van der Waals surface area contributed by atoms with Gasteiger partial charge in [0.2, 0.25) is 5.91 Å². The third-order valence-electron chi connectivity index (χ3n) is 5.61. The van der Waals surface area contributed by atoms with Crippen molar-refractivity contribution in [2.45, 2.75) is 39.7 Å². The number of halogens is 1. The van der Waals surface area contributed by atoms with Gasteiger partial charge in [-0.3, -0.25) is 4.79 Å². The van der Waals surface area contributed by atoms with Gasteiger partial charge in [-0.05, 0) is 66.6 Å². The van der Waals surface area contributed by atoms with Crippen molar-refractivity contribution < 1.29 is 14.7 Å². The van der Waals surface area contributed by atoms with Gasteiger partial charge in [0.1, 0.15) is 0 Å². The summed E-state index contributed by atoms with van der Waals surface area (Å²) in [6, 6.07) is 12.1. The number of nitrogens with zero attached hydrogens (tertiary/aromatic N) is 1. The Hall–Kier alpha value is -2.53. The molecule has 0 spiro atoms. The van der Waals surface area contributed by atoms with Crippen LogP contribution in [0.1, 0.15) is 54.7 Å². The fourth-order valence-corrected chi connectivity index (χ4v) is 4.52. The van der Waals surface area contributed by atoms with E-state index in [1.807, 2.05) is 19.1 Å². The highest BCUT2D eigenvalue weighted by atomic mass is 35.5. The molecule has 2 aromatic carbocycles. The van der Waals surface area contributed by atoms with E-state index in [0.717, 1.165) is 29.9 Å². The average molecular weight is 429 g/mol. The third kappa shape index (κ3) is 5.54. The van der Waals surface area contributed by atoms with Crippen LogP contribution in [0, 0.1) is 11.8 Å². The summed E-state index contributed by atoms with van der Waals surface area (Å²) < 4.78 is 0. The van der Waals surface area contributed by atoms with Crippen LogP contribution in [-0.2, 0) is 11.2 Å². The molecular formula is C24H29ClN2O3. The fraction of sp³-hybridized carbons (Fsp3) is 0.417. The zero-order valence-electron chi connectivity index (χ0n) is 17.7. The van der Waals surface area contributed by atoms with Crippen LogP contribution in [0.2, 0.25) is 5.02 Å². The monoisotopic (exact) mass is 428 g/mol. The van der Waals surface area contributed by atoms with Crippen molar-refractivity contribution in [3.8, 4) is 0 Å². The Bertz CT molecular complexity index is 903. The van der Waals surface area contributed by atoms with Gasteiger partial charge in [-0.1, -0.05) is 37.6 Å². The maximum Gasteiger partial charge on any atom is 0.335 e. The number of carboxylic acid groups (broad SMARTS) is 1. The summed E-state index contributed by atoms with van der Waals surface area (Å²) in [7, 11) is 0. The molecule has 1 heterocycles. The fourth-order valence-electron chi connectivity index (χ4n) is 4.34. The molecule has 1 aliphatic heterocycles. The maximum absolute atomic E-state index is 12.6. The summed E-state index contributed by atoms with van der Waals surface area (Å²) in [5.41, 5.74) is 3.12. The van der Waals surface area contributed by atoms with Crippen LogP contribution in [0.4, 0.5) is 5.69 Å². The lowest BCUT2D eigenvalue weighted by atomic mass is 9.90. The molecular weight excluding hydrogens is 400 g/mol. The predicted octanol–water partition coefficient (Wildman–Crippen LogP) is 4.94. The first kappa shape index (κ1) is 22.2. The summed E-state index contributed by atoms with van der Waals surface area (Å²) in [6.45, 7) is 8.51. The normalized spacial score (nSPS) is 19.9. The second-order valence-electron chi connectivity index (χ2n) is 8.52. The number of piperidine rings is 1. The number of nitrogens with one attached hydrogen (secondary N) is 1. The predicted molar refractivity (Wildman–Crippen MR) is 120 cm³/mol. The van der Waals surface area contributed by atoms with Crippen LogP contribution in [0.15, 0.2) is 42.5 Å². The van der Waals surface area contributed by atoms with Gasteiger partial charge in [0.05, 0.1) is 18.0 Å². The first-order valence-electron chi connectivity index (χ1n) is 10.4. The Labute approximate surface area is 183 Å². The van der Waals surface area contributed by atoms with Crippen LogP contribution < -0.4 is 10.2 Å². The quantitative estimate of drug-likeness (QED) is 0.683. The second kappa shape index (κ2) is 9.52. The Morgan fingerprint density at radius 2 is 1.77 bits per heavy atom. The Kier molecular flexibility index (Phi) is 7.03. The van der Waals surface area contributed by atoms with Crippen molar-refractivity contribution in [1.82, 2.24) is 5.32 Å². The molecule has 1 fully saturated rings. The average Bonchev–Trinajstić information content (AvgIpc) is 2.67. The molecule has 0 radical (unpaired) electrons. The molecule has 1 unspecified atom stereocenters. The van der Waals surface area contributed by atoms with Gasteiger partial charge >= 0.3 is 5.97 Å². The first-order valence-corrected chi connectivity index (χ1v) is 10.8. The van der Waals surface area contributed by atoms with Gasteiger partial charge in [-0.25, -0.2) is 4.79 Å². The Balaban J connectivity index is 1.72. The smallest absolute Gasteiger partial charge is 0.335 e. The Morgan fingerprint density at radius 1 is 1.13 bits per heavy atom. The number of carbonyl (C=O) groups is 2. The van der Waals surface area contributed by atoms with Crippen molar-refractivity contribution in [3.05, 3.63) is 64.2 Å². The lowest BCUT2D eigenvalue weighted by molar-refractivity contribution is -0.121. The molecule has 1 aliphatic rings. The van der Waals surface area contributed by atoms with Crippen LogP contribution in [0.3, 0.4) is 0 Å². The van der Waals surface area contributed by atoms with Gasteiger partial charge in [-0.2, -0.15) is 0 Å². The van der Waals surface area contributed by atoms with E-state index in [1.165, 1.54) is 18.6 Å². The number of rotatable bonds is 6. The molecule has 2 N–H and O–H groups in total. The number of hydrogen-bond acceptors (Lipinski definition) is 3. The van der Waals surface area contributed by atoms with Crippen molar-refractivity contribution in [1.29, 1.82) is 0 Å². The van der Waals surface area contributed by atoms with E-state index in [9.17, 15) is 9.59 Å². The summed E-state index contributed by atoms with van der Waals surface area (Å²) in [6.07, 6.45) is 1.42. The van der Waals surface area contributed by atoms with E-state index in [4.69, 9.17) is 16.7 Å². The molecule has 2 aromatic rings. The number of carboxylic acids is 1. The molecule has 3 atom stereocenters. The molecule has 0 saturated carbocycles. The van der Waals surface area contributed by atoms with Crippen LogP contribution >= 0.6 is 11.6 Å². The number of benzene rings is 2. The van der Waals surface area contributed by atoms with Crippen molar-refractivity contribution in [2.24, 2.45) is 11.8 Å². The molecule has 30 heavy (non-hydrogen) atoms. The van der Waals surface area contributed by atoms with Gasteiger partial charge in [-0.15, -0.1) is 0 Å². The molecule has 1 amide bonds. The molecule has 0 aromatic heterocycles. The molecule has 160 valence electrons. The molecule has 0 aliphatic carbocycles. The number of amides is 1. The van der Waals surface area contributed by atoms with E-state index in [1.54, 1.807) is 12.1 Å². The molecule has 1 saturated heterocycles. The summed E-state index contributed by atoms with van der Waals surface area (Å²) in [5.74, 6) is 0.151. The van der Waals surface area contributed by atoms with Gasteiger partial charge in [0.15, 0.2) is 0 Å². The standard InChI is InChI=1S/C24H29ClN2O3/c1-15-10-16(2)14-27(13-15)22-9-8-20(25)12-21(22)17(3)26-23(28)11-18-4-6-19(7-5-18)24(29)30/h4-9,12,15-17H,10-11,13-14H2,1-3H3,(H,26,28)(H,29,30)/t15-,16+,17?. The van der Waals surface area contributed by atoms with Gasteiger partial charge in [0.25, 0.3) is 0 Å². The van der Waals surface area contributed by atoms with Crippen LogP contribution in [0.25, 0.3) is 0 Å². The summed E-state index contributed by atoms with van der Waals surface area (Å²) in [4.78, 5) is 26.0. The number of anilines is 1. The highest BCUT2D eigenvalue weighted by Gasteiger charge is 2.25. The molecule has 3 rings (SSSR count). The number of aromatic carboxylic acids is 1. The van der Waals surface area contributed by atoms with E-state index in [0.29, 0.717) is 16.9 Å². The topological polar surface area (TPSA) is 69.6 Å². The van der Waals surface area contributed by atoms with Crippen LogP contribution in [0.5, 0.6) is 0 Å². The highest BCUT2D eigenvalue weighted by Crippen LogP contribution is 2.33. The van der Waals surface area contributed by atoms with Crippen molar-refractivity contribution >= 4 is 29.2 Å². The summed E-state index contributed by atoms with van der Waals surface area (Å²) in [5, 5.41) is 12.7. The number of carbonyl (C=O) groups excluding carboxylic acids is 1.